The molecule has 0 aliphatic rings. The van der Waals surface area contributed by atoms with Crippen LogP contribution in [0.4, 0.5) is 0 Å². The van der Waals surface area contributed by atoms with Crippen molar-refractivity contribution in [2.45, 2.75) is 18.6 Å². The molecule has 3 N–H and O–H groups in total. The molecule has 0 amide bonds. The Labute approximate surface area is 89.9 Å². The van der Waals surface area contributed by atoms with E-state index in [4.69, 9.17) is 0 Å². The number of rotatable bonds is 4. The SMILES string of the molecule is C=CC[NH3+].CCC(C(=O)OC)S(=O)(=O)[O-]. The van der Waals surface area contributed by atoms with Gasteiger partial charge in [-0.15, -0.1) is 0 Å². The Morgan fingerprint density at radius 2 is 2.07 bits per heavy atom. The molecule has 0 aromatic carbocycles. The predicted octanol–water partition coefficient (Wildman–Crippen LogP) is -1.10. The number of esters is 1. The van der Waals surface area contributed by atoms with E-state index in [9.17, 15) is 17.8 Å². The van der Waals surface area contributed by atoms with Crippen LogP contribution in [0.3, 0.4) is 0 Å². The van der Waals surface area contributed by atoms with E-state index < -0.39 is 21.3 Å². The Hall–Kier alpha value is -0.920. The normalized spacial score (nSPS) is 12.0. The van der Waals surface area contributed by atoms with Crippen molar-refractivity contribution in [1.29, 1.82) is 0 Å². The lowest BCUT2D eigenvalue weighted by Gasteiger charge is -2.15. The molecule has 7 heteroatoms. The number of hydrogen-bond donors (Lipinski definition) is 1. The van der Waals surface area contributed by atoms with Crippen LogP contribution in [0.5, 0.6) is 0 Å². The predicted molar refractivity (Wildman–Crippen MR) is 53.7 cm³/mol. The molecule has 0 saturated heterocycles. The Bertz CT molecular complexity index is 285. The van der Waals surface area contributed by atoms with Gasteiger partial charge in [0.1, 0.15) is 15.4 Å². The number of carbonyl (C=O) groups excluding carboxylic acids is 1. The highest BCUT2D eigenvalue weighted by Gasteiger charge is 2.23. The monoisotopic (exact) mass is 239 g/mol. The van der Waals surface area contributed by atoms with Crippen molar-refractivity contribution in [2.75, 3.05) is 13.7 Å². The summed E-state index contributed by atoms with van der Waals surface area (Å²) < 4.78 is 35.0. The first-order chi connectivity index (χ1) is 6.84. The standard InChI is InChI=1S/C5H10O5S.C3H7N/c1-3-4(5(6)10-2)11(7,8)9;1-2-3-4/h4H,3H2,1-2H3,(H,7,8,9);2H,1,3-4H2. The van der Waals surface area contributed by atoms with Gasteiger partial charge < -0.3 is 15.0 Å². The fraction of sp³-hybridized carbons (Fsp3) is 0.625. The Kier molecular flexibility index (Phi) is 9.24. The van der Waals surface area contributed by atoms with Crippen LogP contribution in [0.25, 0.3) is 0 Å². The minimum absolute atomic E-state index is 0.0570. The van der Waals surface area contributed by atoms with Crippen molar-refractivity contribution in [3.05, 3.63) is 12.7 Å². The molecule has 0 aliphatic carbocycles. The topological polar surface area (TPSA) is 111 Å². The maximum atomic E-state index is 10.6. The van der Waals surface area contributed by atoms with Gasteiger partial charge in [-0.2, -0.15) is 0 Å². The lowest BCUT2D eigenvalue weighted by Crippen LogP contribution is -2.48. The number of ether oxygens (including phenoxy) is 1. The van der Waals surface area contributed by atoms with Gasteiger partial charge in [-0.25, -0.2) is 8.42 Å². The second-order valence-electron chi connectivity index (χ2n) is 2.49. The molecule has 0 heterocycles. The van der Waals surface area contributed by atoms with E-state index in [1.807, 2.05) is 0 Å². The average molecular weight is 239 g/mol. The van der Waals surface area contributed by atoms with Gasteiger partial charge >= 0.3 is 5.97 Å². The summed E-state index contributed by atoms with van der Waals surface area (Å²) in [7, 11) is -3.51. The van der Waals surface area contributed by atoms with Gasteiger partial charge in [0, 0.05) is 0 Å². The van der Waals surface area contributed by atoms with Gasteiger partial charge in [0.2, 0.25) is 0 Å². The summed E-state index contributed by atoms with van der Waals surface area (Å²) in [4.78, 5) is 10.6. The van der Waals surface area contributed by atoms with Crippen molar-refractivity contribution < 1.29 is 28.2 Å². The van der Waals surface area contributed by atoms with Crippen LogP contribution in [-0.4, -0.2) is 37.8 Å². The molecule has 90 valence electrons. The van der Waals surface area contributed by atoms with E-state index in [0.29, 0.717) is 0 Å². The van der Waals surface area contributed by atoms with Crippen LogP contribution in [0, 0.1) is 0 Å². The van der Waals surface area contributed by atoms with E-state index >= 15 is 0 Å². The molecular weight excluding hydrogens is 222 g/mol. The van der Waals surface area contributed by atoms with Crippen molar-refractivity contribution >= 4 is 16.1 Å². The third-order valence-electron chi connectivity index (χ3n) is 1.39. The minimum atomic E-state index is -4.55. The summed E-state index contributed by atoms with van der Waals surface area (Å²) in [5.41, 5.74) is 3.49. The number of carbonyl (C=O) groups is 1. The maximum Gasteiger partial charge on any atom is 0.322 e. The number of quaternary nitrogens is 1. The van der Waals surface area contributed by atoms with Crippen LogP contribution in [-0.2, 0) is 19.6 Å². The molecule has 6 nitrogen and oxygen atoms in total. The highest BCUT2D eigenvalue weighted by Crippen LogP contribution is 2.04. The van der Waals surface area contributed by atoms with Gasteiger partial charge in [0.25, 0.3) is 0 Å². The van der Waals surface area contributed by atoms with E-state index in [1.165, 1.54) is 6.92 Å². The first kappa shape index (κ1) is 16.5. The summed E-state index contributed by atoms with van der Waals surface area (Å²) in [6, 6.07) is 0. The third kappa shape index (κ3) is 8.10. The summed E-state index contributed by atoms with van der Waals surface area (Å²) in [5.74, 6) is -0.998. The number of methoxy groups -OCH3 is 1. The molecule has 0 spiro atoms. The quantitative estimate of drug-likeness (QED) is 0.380. The molecule has 0 radical (unpaired) electrons. The van der Waals surface area contributed by atoms with Crippen LogP contribution < -0.4 is 5.73 Å². The minimum Gasteiger partial charge on any atom is -0.747 e. The van der Waals surface area contributed by atoms with Gasteiger partial charge in [0.05, 0.1) is 13.7 Å². The van der Waals surface area contributed by atoms with Crippen molar-refractivity contribution in [2.24, 2.45) is 0 Å². The van der Waals surface area contributed by atoms with Crippen LogP contribution in [0.2, 0.25) is 0 Å². The molecular formula is C8H17NO5S. The van der Waals surface area contributed by atoms with Crippen LogP contribution in [0.15, 0.2) is 12.7 Å². The van der Waals surface area contributed by atoms with E-state index in [1.54, 1.807) is 6.08 Å². The lowest BCUT2D eigenvalue weighted by molar-refractivity contribution is -0.352. The zero-order chi connectivity index (χ0) is 12.5. The summed E-state index contributed by atoms with van der Waals surface area (Å²) in [6.45, 7) is 5.68. The van der Waals surface area contributed by atoms with Crippen molar-refractivity contribution in [1.82, 2.24) is 0 Å². The molecule has 1 unspecified atom stereocenters. The lowest BCUT2D eigenvalue weighted by atomic mass is 10.3. The highest BCUT2D eigenvalue weighted by molar-refractivity contribution is 7.87. The summed E-state index contributed by atoms with van der Waals surface area (Å²) in [5, 5.41) is -1.56. The highest BCUT2D eigenvalue weighted by atomic mass is 32.2. The Morgan fingerprint density at radius 3 is 2.13 bits per heavy atom. The largest absolute Gasteiger partial charge is 0.747 e. The van der Waals surface area contributed by atoms with E-state index in [-0.39, 0.29) is 6.42 Å². The third-order valence-corrected chi connectivity index (χ3v) is 2.61. The smallest absolute Gasteiger partial charge is 0.322 e. The molecule has 0 fully saturated rings. The number of hydrogen-bond acceptors (Lipinski definition) is 5. The van der Waals surface area contributed by atoms with Gasteiger partial charge in [-0.05, 0) is 12.5 Å². The van der Waals surface area contributed by atoms with Crippen molar-refractivity contribution in [3.63, 3.8) is 0 Å². The van der Waals surface area contributed by atoms with Gasteiger partial charge in [-0.3, -0.25) is 4.79 Å². The van der Waals surface area contributed by atoms with Gasteiger partial charge in [0.15, 0.2) is 0 Å². The van der Waals surface area contributed by atoms with Crippen LogP contribution in [0.1, 0.15) is 13.3 Å². The Morgan fingerprint density at radius 1 is 1.67 bits per heavy atom. The maximum absolute atomic E-state index is 10.6. The molecule has 1 atom stereocenters. The second kappa shape index (κ2) is 8.39. The molecule has 0 saturated carbocycles. The zero-order valence-electron chi connectivity index (χ0n) is 8.93. The molecule has 0 aromatic rings. The summed E-state index contributed by atoms with van der Waals surface area (Å²) in [6.07, 6.45) is 1.71. The fourth-order valence-corrected chi connectivity index (χ4v) is 1.36. The molecule has 0 rings (SSSR count). The first-order valence-electron chi connectivity index (χ1n) is 4.27. The molecule has 0 bridgehead atoms. The van der Waals surface area contributed by atoms with Crippen LogP contribution >= 0.6 is 0 Å². The average Bonchev–Trinajstić information content (AvgIpc) is 2.16. The summed E-state index contributed by atoms with van der Waals surface area (Å²) >= 11 is 0. The van der Waals surface area contributed by atoms with E-state index in [0.717, 1.165) is 13.7 Å². The Balaban J connectivity index is 0. The van der Waals surface area contributed by atoms with Crippen molar-refractivity contribution in [3.8, 4) is 0 Å². The van der Waals surface area contributed by atoms with Gasteiger partial charge in [-0.1, -0.05) is 13.5 Å². The molecule has 15 heavy (non-hydrogen) atoms. The zero-order valence-corrected chi connectivity index (χ0v) is 9.75. The molecule has 0 aromatic heterocycles. The second-order valence-corrected chi connectivity index (χ2v) is 4.04. The van der Waals surface area contributed by atoms with E-state index in [2.05, 4.69) is 17.0 Å². The molecule has 0 aliphatic heterocycles. The fourth-order valence-electron chi connectivity index (χ4n) is 0.620. The first-order valence-corrected chi connectivity index (χ1v) is 5.74.